The maximum Gasteiger partial charge on any atom is 0.193 e. The van der Waals surface area contributed by atoms with Gasteiger partial charge in [-0.1, -0.05) is 42.5 Å². The maximum atomic E-state index is 13.7. The molecular formula is C26H24O4. The van der Waals surface area contributed by atoms with Crippen molar-refractivity contribution in [1.29, 1.82) is 0 Å². The summed E-state index contributed by atoms with van der Waals surface area (Å²) in [5, 5.41) is 1.85. The van der Waals surface area contributed by atoms with E-state index in [1.807, 2.05) is 72.8 Å². The zero-order valence-corrected chi connectivity index (χ0v) is 17.3. The fourth-order valence-corrected chi connectivity index (χ4v) is 3.80. The molecule has 0 aromatic heterocycles. The van der Waals surface area contributed by atoms with Crippen LogP contribution in [-0.2, 0) is 4.74 Å². The van der Waals surface area contributed by atoms with Crippen molar-refractivity contribution < 1.29 is 19.0 Å². The van der Waals surface area contributed by atoms with E-state index in [4.69, 9.17) is 14.2 Å². The van der Waals surface area contributed by atoms with Crippen LogP contribution in [0.4, 0.5) is 0 Å². The molecule has 0 fully saturated rings. The molecule has 0 N–H and O–H groups in total. The zero-order chi connectivity index (χ0) is 21.1. The summed E-state index contributed by atoms with van der Waals surface area (Å²) in [6.45, 7) is 0. The van der Waals surface area contributed by atoms with E-state index < -0.39 is 0 Å². The molecule has 0 amide bonds. The standard InChI is InChI=1S/C26H24O4/c1-28-20-10-7-17(8-11-20)26(27)25-23(18-5-4-6-21(15-18)29-2)13-9-19-16-22(30-3)12-14-24(19)25/h4-10,12-16,20H,11H2,1-3H3. The fourth-order valence-electron chi connectivity index (χ4n) is 3.80. The molecular weight excluding hydrogens is 376 g/mol. The number of carbonyl (C=O) groups excluding carboxylic acids is 1. The van der Waals surface area contributed by atoms with E-state index in [-0.39, 0.29) is 11.9 Å². The molecule has 1 unspecified atom stereocenters. The van der Waals surface area contributed by atoms with Crippen molar-refractivity contribution in [3.8, 4) is 22.6 Å². The molecule has 0 radical (unpaired) electrons. The lowest BCUT2D eigenvalue weighted by molar-refractivity contribution is 0.103. The normalized spacial score (nSPS) is 15.7. The summed E-state index contributed by atoms with van der Waals surface area (Å²) in [6, 6.07) is 17.6. The van der Waals surface area contributed by atoms with E-state index in [1.54, 1.807) is 21.3 Å². The molecule has 3 aromatic rings. The van der Waals surface area contributed by atoms with Crippen LogP contribution in [0.3, 0.4) is 0 Å². The number of methoxy groups -OCH3 is 3. The summed E-state index contributed by atoms with van der Waals surface area (Å²) in [4.78, 5) is 13.7. The lowest BCUT2D eigenvalue weighted by atomic mass is 9.87. The quantitative estimate of drug-likeness (QED) is 0.505. The molecule has 4 rings (SSSR count). The van der Waals surface area contributed by atoms with Gasteiger partial charge in [-0.2, -0.15) is 0 Å². The molecule has 0 bridgehead atoms. The Morgan fingerprint density at radius 3 is 2.43 bits per heavy atom. The minimum Gasteiger partial charge on any atom is -0.497 e. The summed E-state index contributed by atoms with van der Waals surface area (Å²) in [5.41, 5.74) is 3.16. The van der Waals surface area contributed by atoms with E-state index in [1.165, 1.54) is 0 Å². The Hall–Kier alpha value is -3.37. The molecule has 1 atom stereocenters. The van der Waals surface area contributed by atoms with Crippen molar-refractivity contribution in [2.45, 2.75) is 12.5 Å². The molecule has 0 saturated heterocycles. The monoisotopic (exact) mass is 400 g/mol. The van der Waals surface area contributed by atoms with Crippen LogP contribution >= 0.6 is 0 Å². The van der Waals surface area contributed by atoms with Gasteiger partial charge < -0.3 is 14.2 Å². The lowest BCUT2D eigenvalue weighted by Gasteiger charge is -2.17. The average molecular weight is 400 g/mol. The largest absolute Gasteiger partial charge is 0.497 e. The number of benzene rings is 3. The number of hydrogen-bond acceptors (Lipinski definition) is 4. The number of hydrogen-bond donors (Lipinski definition) is 0. The van der Waals surface area contributed by atoms with Crippen molar-refractivity contribution in [3.05, 3.63) is 84.0 Å². The number of rotatable bonds is 6. The highest BCUT2D eigenvalue weighted by molar-refractivity contribution is 6.21. The van der Waals surface area contributed by atoms with E-state index in [0.717, 1.165) is 33.4 Å². The van der Waals surface area contributed by atoms with Crippen LogP contribution in [0.15, 0.2) is 78.4 Å². The molecule has 0 spiro atoms. The van der Waals surface area contributed by atoms with Gasteiger partial charge in [-0.05, 0) is 58.7 Å². The van der Waals surface area contributed by atoms with Crippen LogP contribution in [0.1, 0.15) is 16.8 Å². The third kappa shape index (κ3) is 3.74. The van der Waals surface area contributed by atoms with Gasteiger partial charge >= 0.3 is 0 Å². The first kappa shape index (κ1) is 19.9. The van der Waals surface area contributed by atoms with Gasteiger partial charge in [0, 0.05) is 18.2 Å². The van der Waals surface area contributed by atoms with Gasteiger partial charge in [0.15, 0.2) is 5.78 Å². The smallest absolute Gasteiger partial charge is 0.193 e. The first-order valence-corrected chi connectivity index (χ1v) is 9.85. The van der Waals surface area contributed by atoms with E-state index >= 15 is 0 Å². The summed E-state index contributed by atoms with van der Waals surface area (Å²) < 4.78 is 16.1. The van der Waals surface area contributed by atoms with Crippen LogP contribution in [-0.4, -0.2) is 33.2 Å². The van der Waals surface area contributed by atoms with Crippen molar-refractivity contribution in [2.24, 2.45) is 0 Å². The van der Waals surface area contributed by atoms with Crippen molar-refractivity contribution in [3.63, 3.8) is 0 Å². The number of fused-ring (bicyclic) bond motifs is 1. The van der Waals surface area contributed by atoms with Gasteiger partial charge in [-0.25, -0.2) is 0 Å². The molecule has 152 valence electrons. The highest BCUT2D eigenvalue weighted by Crippen LogP contribution is 2.35. The van der Waals surface area contributed by atoms with Crippen LogP contribution in [0, 0.1) is 0 Å². The second kappa shape index (κ2) is 8.56. The van der Waals surface area contributed by atoms with Crippen LogP contribution in [0.5, 0.6) is 11.5 Å². The van der Waals surface area contributed by atoms with E-state index in [2.05, 4.69) is 0 Å². The summed E-state index contributed by atoms with van der Waals surface area (Å²) in [7, 11) is 4.96. The fraction of sp³-hybridized carbons (Fsp3) is 0.192. The number of allylic oxidation sites excluding steroid dienone is 2. The first-order chi connectivity index (χ1) is 14.6. The minimum atomic E-state index is -0.00519. The zero-order valence-electron chi connectivity index (χ0n) is 17.3. The predicted octanol–water partition coefficient (Wildman–Crippen LogP) is 5.61. The molecule has 0 heterocycles. The Kier molecular flexibility index (Phi) is 5.68. The van der Waals surface area contributed by atoms with E-state index in [0.29, 0.717) is 17.6 Å². The highest BCUT2D eigenvalue weighted by Gasteiger charge is 2.21. The third-order valence-electron chi connectivity index (χ3n) is 5.46. The molecule has 1 aliphatic carbocycles. The van der Waals surface area contributed by atoms with Gasteiger partial charge in [0.25, 0.3) is 0 Å². The third-order valence-corrected chi connectivity index (χ3v) is 5.46. The lowest BCUT2D eigenvalue weighted by Crippen LogP contribution is -2.13. The number of ketones is 1. The molecule has 3 aromatic carbocycles. The van der Waals surface area contributed by atoms with Crippen molar-refractivity contribution in [1.82, 2.24) is 0 Å². The molecule has 4 heteroatoms. The second-order valence-corrected chi connectivity index (χ2v) is 7.16. The topological polar surface area (TPSA) is 44.8 Å². The second-order valence-electron chi connectivity index (χ2n) is 7.16. The molecule has 0 saturated carbocycles. The maximum absolute atomic E-state index is 13.7. The van der Waals surface area contributed by atoms with Crippen LogP contribution < -0.4 is 9.47 Å². The average Bonchev–Trinajstić information content (AvgIpc) is 2.82. The Labute approximate surface area is 176 Å². The molecule has 30 heavy (non-hydrogen) atoms. The summed E-state index contributed by atoms with van der Waals surface area (Å²) in [6.07, 6.45) is 6.44. The minimum absolute atomic E-state index is 0.00519. The van der Waals surface area contributed by atoms with Crippen LogP contribution in [0.25, 0.3) is 21.9 Å². The van der Waals surface area contributed by atoms with Gasteiger partial charge in [0.2, 0.25) is 0 Å². The Morgan fingerprint density at radius 2 is 1.73 bits per heavy atom. The molecule has 1 aliphatic rings. The van der Waals surface area contributed by atoms with Gasteiger partial charge in [0.05, 0.1) is 20.3 Å². The van der Waals surface area contributed by atoms with Gasteiger partial charge in [-0.3, -0.25) is 4.79 Å². The molecule has 0 aliphatic heterocycles. The Bertz CT molecular complexity index is 1160. The SMILES string of the molecule is COc1cccc(-c2ccc3cc(OC)ccc3c2C(=O)C2=CCC(OC)C=C2)c1. The first-order valence-electron chi connectivity index (χ1n) is 9.85. The number of ether oxygens (including phenoxy) is 3. The predicted molar refractivity (Wildman–Crippen MR) is 119 cm³/mol. The van der Waals surface area contributed by atoms with E-state index in [9.17, 15) is 4.79 Å². The van der Waals surface area contributed by atoms with Gasteiger partial charge in [0.1, 0.15) is 11.5 Å². The summed E-state index contributed by atoms with van der Waals surface area (Å²) >= 11 is 0. The number of carbonyl (C=O) groups is 1. The molecule has 4 nitrogen and oxygen atoms in total. The van der Waals surface area contributed by atoms with Crippen LogP contribution in [0.2, 0.25) is 0 Å². The summed E-state index contributed by atoms with van der Waals surface area (Å²) in [5.74, 6) is 1.50. The van der Waals surface area contributed by atoms with Crippen molar-refractivity contribution in [2.75, 3.05) is 21.3 Å². The Balaban J connectivity index is 1.90. The highest BCUT2D eigenvalue weighted by atomic mass is 16.5. The van der Waals surface area contributed by atoms with Gasteiger partial charge in [-0.15, -0.1) is 0 Å². The Morgan fingerprint density at radius 1 is 0.933 bits per heavy atom. The van der Waals surface area contributed by atoms with Crippen molar-refractivity contribution >= 4 is 16.6 Å². The number of Topliss-reactive ketones (excluding diaryl/α,β-unsaturated/α-hetero) is 1.